The molecule has 1 amide bonds. The number of anilines is 1. The summed E-state index contributed by atoms with van der Waals surface area (Å²) in [6, 6.07) is 14.0. The molecule has 0 bridgehead atoms. The molecule has 0 saturated carbocycles. The Labute approximate surface area is 197 Å². The Kier molecular flexibility index (Phi) is 6.32. The number of hydrogen-bond acceptors (Lipinski definition) is 6. The van der Waals surface area contributed by atoms with Gasteiger partial charge in [-0.1, -0.05) is 23.5 Å². The molecule has 0 atom stereocenters. The zero-order chi connectivity index (χ0) is 23.8. The Hall–Kier alpha value is -3.10. The maximum atomic E-state index is 13.6. The lowest BCUT2D eigenvalue weighted by molar-refractivity contribution is 0.0985. The second kappa shape index (κ2) is 9.03. The van der Waals surface area contributed by atoms with Crippen molar-refractivity contribution in [2.75, 3.05) is 4.90 Å². The number of hydrogen-bond donors (Lipinski definition) is 0. The maximum absolute atomic E-state index is 13.6. The Balaban J connectivity index is 1.75. The number of nitrogens with zero attached hydrogens (tertiary/aromatic N) is 3. The molecule has 4 aromatic rings. The summed E-state index contributed by atoms with van der Waals surface area (Å²) in [6.45, 7) is 7.63. The maximum Gasteiger partial charge on any atom is 0.260 e. The van der Waals surface area contributed by atoms with Gasteiger partial charge in [-0.15, -0.1) is 0 Å². The molecule has 6 nitrogen and oxygen atoms in total. The smallest absolute Gasteiger partial charge is 0.260 e. The van der Waals surface area contributed by atoms with Crippen LogP contribution >= 0.6 is 11.3 Å². The molecule has 0 saturated heterocycles. The van der Waals surface area contributed by atoms with Crippen molar-refractivity contribution in [3.63, 3.8) is 0 Å². The first-order valence-corrected chi connectivity index (χ1v) is 13.0. The number of carbonyl (C=O) groups excluding carboxylic acids is 1. The van der Waals surface area contributed by atoms with E-state index >= 15 is 0 Å². The summed E-state index contributed by atoms with van der Waals surface area (Å²) < 4.78 is 25.9. The van der Waals surface area contributed by atoms with E-state index in [0.29, 0.717) is 17.2 Å². The summed E-state index contributed by atoms with van der Waals surface area (Å²) in [5.74, 6) is -0.249. The lowest BCUT2D eigenvalue weighted by Crippen LogP contribution is -2.30. The average Bonchev–Trinajstić information content (AvgIpc) is 3.22. The van der Waals surface area contributed by atoms with Crippen LogP contribution in [0.3, 0.4) is 0 Å². The summed E-state index contributed by atoms with van der Waals surface area (Å²) in [7, 11) is -3.41. The van der Waals surface area contributed by atoms with Crippen LogP contribution in [0.4, 0.5) is 5.13 Å². The van der Waals surface area contributed by atoms with Crippen LogP contribution in [-0.4, -0.2) is 29.5 Å². The first-order valence-electron chi connectivity index (χ1n) is 10.6. The van der Waals surface area contributed by atoms with Crippen LogP contribution in [0.5, 0.6) is 0 Å². The van der Waals surface area contributed by atoms with E-state index in [9.17, 15) is 13.2 Å². The standard InChI is InChI=1S/C25H25N3O3S2/c1-16(2)33(30,31)21-9-7-20(8-10-21)24(29)28(15-19-6-5-11-26-14-19)25-27-23-18(4)12-17(3)13-22(23)32-25/h5-14,16H,15H2,1-4H3. The van der Waals surface area contributed by atoms with Gasteiger partial charge in [0, 0.05) is 18.0 Å². The monoisotopic (exact) mass is 479 g/mol. The van der Waals surface area contributed by atoms with E-state index in [-0.39, 0.29) is 10.8 Å². The molecule has 8 heteroatoms. The molecule has 0 aliphatic rings. The van der Waals surface area contributed by atoms with Gasteiger partial charge in [-0.2, -0.15) is 0 Å². The van der Waals surface area contributed by atoms with Crippen molar-refractivity contribution in [2.45, 2.75) is 44.4 Å². The quantitative estimate of drug-likeness (QED) is 0.373. The molecule has 0 aliphatic heterocycles. The van der Waals surface area contributed by atoms with Crippen LogP contribution in [0, 0.1) is 13.8 Å². The van der Waals surface area contributed by atoms with Gasteiger partial charge in [-0.05, 0) is 80.8 Å². The third kappa shape index (κ3) is 4.67. The molecule has 4 rings (SSSR count). The lowest BCUT2D eigenvalue weighted by Gasteiger charge is -2.20. The molecule has 33 heavy (non-hydrogen) atoms. The number of aromatic nitrogens is 2. The Morgan fingerprint density at radius 2 is 1.82 bits per heavy atom. The Morgan fingerprint density at radius 3 is 2.45 bits per heavy atom. The van der Waals surface area contributed by atoms with Crippen LogP contribution in [-0.2, 0) is 16.4 Å². The number of carbonyl (C=O) groups is 1. The van der Waals surface area contributed by atoms with Crippen molar-refractivity contribution in [1.82, 2.24) is 9.97 Å². The predicted molar refractivity (Wildman–Crippen MR) is 133 cm³/mol. The van der Waals surface area contributed by atoms with Crippen LogP contribution in [0.25, 0.3) is 10.2 Å². The van der Waals surface area contributed by atoms with Crippen molar-refractivity contribution in [2.24, 2.45) is 0 Å². The van der Waals surface area contributed by atoms with E-state index in [0.717, 1.165) is 26.9 Å². The topological polar surface area (TPSA) is 80.2 Å². The number of pyridine rings is 1. The van der Waals surface area contributed by atoms with E-state index in [1.807, 2.05) is 26.0 Å². The molecular weight excluding hydrogens is 454 g/mol. The molecule has 0 unspecified atom stereocenters. The van der Waals surface area contributed by atoms with Gasteiger partial charge in [0.2, 0.25) is 0 Å². The van der Waals surface area contributed by atoms with E-state index in [1.165, 1.54) is 23.5 Å². The summed E-state index contributed by atoms with van der Waals surface area (Å²) in [6.07, 6.45) is 3.41. The van der Waals surface area contributed by atoms with Crippen molar-refractivity contribution < 1.29 is 13.2 Å². The number of amides is 1. The zero-order valence-electron chi connectivity index (χ0n) is 18.9. The fourth-order valence-electron chi connectivity index (χ4n) is 3.59. The first-order chi connectivity index (χ1) is 15.7. The third-order valence-electron chi connectivity index (χ3n) is 5.41. The number of benzene rings is 2. The SMILES string of the molecule is Cc1cc(C)c2nc(N(Cc3cccnc3)C(=O)c3ccc(S(=O)(=O)C(C)C)cc3)sc2c1. The highest BCUT2D eigenvalue weighted by atomic mass is 32.2. The summed E-state index contributed by atoms with van der Waals surface area (Å²) >= 11 is 1.46. The lowest BCUT2D eigenvalue weighted by atomic mass is 10.1. The molecule has 2 aromatic carbocycles. The molecule has 2 aromatic heterocycles. The van der Waals surface area contributed by atoms with Crippen molar-refractivity contribution in [3.8, 4) is 0 Å². The molecule has 170 valence electrons. The summed E-state index contributed by atoms with van der Waals surface area (Å²) in [5, 5.41) is 0.0574. The van der Waals surface area contributed by atoms with Gasteiger partial charge < -0.3 is 0 Å². The Bertz CT molecular complexity index is 1410. The summed E-state index contributed by atoms with van der Waals surface area (Å²) in [4.78, 5) is 24.4. The number of fused-ring (bicyclic) bond motifs is 1. The molecule has 0 fully saturated rings. The number of aryl methyl sites for hydroxylation is 2. The van der Waals surface area contributed by atoms with Gasteiger partial charge in [0.05, 0.1) is 26.9 Å². The number of thiazole rings is 1. The predicted octanol–water partition coefficient (Wildman–Crippen LogP) is 5.34. The Morgan fingerprint density at radius 1 is 1.09 bits per heavy atom. The van der Waals surface area contributed by atoms with Crippen molar-refractivity contribution >= 4 is 42.4 Å². The van der Waals surface area contributed by atoms with Crippen molar-refractivity contribution in [3.05, 3.63) is 83.2 Å². The van der Waals surface area contributed by atoms with Crippen LogP contribution < -0.4 is 4.90 Å². The van der Waals surface area contributed by atoms with Gasteiger partial charge in [-0.25, -0.2) is 13.4 Å². The van der Waals surface area contributed by atoms with Crippen LogP contribution in [0.1, 0.15) is 40.9 Å². The van der Waals surface area contributed by atoms with Gasteiger partial charge in [-0.3, -0.25) is 14.7 Å². The minimum Gasteiger partial charge on any atom is -0.279 e. The van der Waals surface area contributed by atoms with Gasteiger partial charge in [0.1, 0.15) is 0 Å². The molecule has 2 heterocycles. The van der Waals surface area contributed by atoms with E-state index in [4.69, 9.17) is 4.98 Å². The molecule has 0 spiro atoms. The molecule has 0 N–H and O–H groups in total. The van der Waals surface area contributed by atoms with Gasteiger partial charge >= 0.3 is 0 Å². The van der Waals surface area contributed by atoms with Crippen LogP contribution in [0.15, 0.2) is 65.8 Å². The van der Waals surface area contributed by atoms with E-state index in [2.05, 4.69) is 17.1 Å². The first kappa shape index (κ1) is 23.1. The second-order valence-corrected chi connectivity index (χ2v) is 11.8. The molecular formula is C25H25N3O3S2. The molecule has 0 radical (unpaired) electrons. The highest BCUT2D eigenvalue weighted by molar-refractivity contribution is 7.92. The third-order valence-corrected chi connectivity index (χ3v) is 8.60. The largest absolute Gasteiger partial charge is 0.279 e. The fourth-order valence-corrected chi connectivity index (χ4v) is 5.79. The van der Waals surface area contributed by atoms with E-state index < -0.39 is 15.1 Å². The second-order valence-electron chi connectivity index (χ2n) is 8.30. The molecule has 0 aliphatic carbocycles. The summed E-state index contributed by atoms with van der Waals surface area (Å²) in [5.41, 5.74) is 4.35. The number of sulfone groups is 1. The average molecular weight is 480 g/mol. The number of rotatable bonds is 6. The highest BCUT2D eigenvalue weighted by Gasteiger charge is 2.24. The van der Waals surface area contributed by atoms with Crippen LogP contribution in [0.2, 0.25) is 0 Å². The minimum absolute atomic E-state index is 0.207. The minimum atomic E-state index is -3.41. The van der Waals surface area contributed by atoms with Gasteiger partial charge in [0.15, 0.2) is 15.0 Å². The fraction of sp³-hybridized carbons (Fsp3) is 0.240. The normalized spacial score (nSPS) is 11.8. The van der Waals surface area contributed by atoms with Gasteiger partial charge in [0.25, 0.3) is 5.91 Å². The zero-order valence-corrected chi connectivity index (χ0v) is 20.6. The van der Waals surface area contributed by atoms with Crippen molar-refractivity contribution in [1.29, 1.82) is 0 Å². The highest BCUT2D eigenvalue weighted by Crippen LogP contribution is 2.33. The van der Waals surface area contributed by atoms with E-state index in [1.54, 1.807) is 43.3 Å².